The number of unbranched alkanes of at least 4 members (excludes halogenated alkanes) is 1. The molecule has 3 aromatic rings. The lowest BCUT2D eigenvalue weighted by Gasteiger charge is -2.06. The van der Waals surface area contributed by atoms with E-state index in [9.17, 15) is 14.0 Å². The molecule has 0 bridgehead atoms. The number of carbonyl (C=O) groups is 1. The van der Waals surface area contributed by atoms with Crippen LogP contribution in [-0.2, 0) is 0 Å². The van der Waals surface area contributed by atoms with Crippen LogP contribution in [0.3, 0.4) is 0 Å². The summed E-state index contributed by atoms with van der Waals surface area (Å²) < 4.78 is 15.7. The van der Waals surface area contributed by atoms with E-state index in [1.165, 1.54) is 35.3 Å². The number of nitrogens with zero attached hydrogens (tertiary/aromatic N) is 4. The molecule has 0 aliphatic heterocycles. The molecule has 0 saturated carbocycles. The Bertz CT molecular complexity index is 962. The Morgan fingerprint density at radius 2 is 1.88 bits per heavy atom. The minimum Gasteiger partial charge on any atom is -0.336 e. The highest BCUT2D eigenvalue weighted by atomic mass is 19.1. The summed E-state index contributed by atoms with van der Waals surface area (Å²) in [5.74, 6) is -0.358. The van der Waals surface area contributed by atoms with E-state index in [0.717, 1.165) is 17.5 Å². The zero-order valence-corrected chi connectivity index (χ0v) is 14.2. The maximum absolute atomic E-state index is 13.1. The van der Waals surface area contributed by atoms with Crippen molar-refractivity contribution >= 4 is 6.03 Å². The van der Waals surface area contributed by atoms with Crippen LogP contribution >= 0.6 is 0 Å². The predicted molar refractivity (Wildman–Crippen MR) is 94.7 cm³/mol. The fourth-order valence-corrected chi connectivity index (χ4v) is 2.34. The van der Waals surface area contributed by atoms with Crippen LogP contribution in [-0.4, -0.2) is 32.1 Å². The van der Waals surface area contributed by atoms with Gasteiger partial charge in [0.05, 0.1) is 5.69 Å². The number of aromatic nitrogens is 4. The lowest BCUT2D eigenvalue weighted by atomic mass is 10.3. The van der Waals surface area contributed by atoms with Gasteiger partial charge in [0, 0.05) is 25.0 Å². The van der Waals surface area contributed by atoms with Crippen LogP contribution < -0.4 is 10.7 Å². The molecule has 8 heteroatoms. The standard InChI is InChI=1S/C18H18FN5O2/c1-2-3-10-20-18(26)24-11-8-15(21-24)17-16(25)9-12-23(22-17)14-6-4-13(19)5-7-14/h4-9,11-12H,2-3,10H2,1H3,(H,20,26). The number of nitrogens with one attached hydrogen (secondary N) is 1. The minimum atomic E-state index is -0.362. The van der Waals surface area contributed by atoms with E-state index >= 15 is 0 Å². The van der Waals surface area contributed by atoms with Crippen LogP contribution in [0.1, 0.15) is 19.8 Å². The smallest absolute Gasteiger partial charge is 0.336 e. The van der Waals surface area contributed by atoms with E-state index in [1.54, 1.807) is 18.2 Å². The van der Waals surface area contributed by atoms with Crippen molar-refractivity contribution in [1.82, 2.24) is 24.9 Å². The van der Waals surface area contributed by atoms with Gasteiger partial charge in [0.2, 0.25) is 5.43 Å². The zero-order valence-electron chi connectivity index (χ0n) is 14.2. The SMILES string of the molecule is CCCCNC(=O)n1ccc(-c2nn(-c3ccc(F)cc3)ccc2=O)n1. The highest BCUT2D eigenvalue weighted by Crippen LogP contribution is 2.12. The van der Waals surface area contributed by atoms with Gasteiger partial charge in [-0.2, -0.15) is 14.9 Å². The molecular formula is C18H18FN5O2. The van der Waals surface area contributed by atoms with Crippen molar-refractivity contribution in [3.05, 3.63) is 64.8 Å². The summed E-state index contributed by atoms with van der Waals surface area (Å²) in [6.07, 6.45) is 4.82. The third-order valence-electron chi connectivity index (χ3n) is 3.75. The molecule has 0 atom stereocenters. The molecule has 1 N–H and O–H groups in total. The van der Waals surface area contributed by atoms with Crippen molar-refractivity contribution in [2.75, 3.05) is 6.54 Å². The highest BCUT2D eigenvalue weighted by Gasteiger charge is 2.13. The summed E-state index contributed by atoms with van der Waals surface area (Å²) >= 11 is 0. The first kappa shape index (κ1) is 17.5. The Kier molecular flexibility index (Phi) is 5.21. The van der Waals surface area contributed by atoms with Crippen LogP contribution in [0.2, 0.25) is 0 Å². The average Bonchev–Trinajstić information content (AvgIpc) is 3.13. The van der Waals surface area contributed by atoms with Crippen molar-refractivity contribution < 1.29 is 9.18 Å². The van der Waals surface area contributed by atoms with Crippen LogP contribution in [0.15, 0.2) is 53.6 Å². The van der Waals surface area contributed by atoms with Gasteiger partial charge in [-0.1, -0.05) is 13.3 Å². The number of benzene rings is 1. The minimum absolute atomic E-state index is 0.108. The highest BCUT2D eigenvalue weighted by molar-refractivity contribution is 5.76. The van der Waals surface area contributed by atoms with E-state index in [-0.39, 0.29) is 28.7 Å². The second kappa shape index (κ2) is 7.73. The summed E-state index contributed by atoms with van der Waals surface area (Å²) in [4.78, 5) is 24.2. The first-order valence-electron chi connectivity index (χ1n) is 8.28. The van der Waals surface area contributed by atoms with E-state index in [1.807, 2.05) is 6.92 Å². The molecule has 134 valence electrons. The molecule has 1 amide bonds. The number of rotatable bonds is 5. The normalized spacial score (nSPS) is 10.7. The van der Waals surface area contributed by atoms with Crippen molar-refractivity contribution in [1.29, 1.82) is 0 Å². The fourth-order valence-electron chi connectivity index (χ4n) is 2.34. The van der Waals surface area contributed by atoms with Crippen molar-refractivity contribution in [3.63, 3.8) is 0 Å². The second-order valence-electron chi connectivity index (χ2n) is 5.68. The van der Waals surface area contributed by atoms with Crippen molar-refractivity contribution in [3.8, 4) is 17.1 Å². The van der Waals surface area contributed by atoms with E-state index < -0.39 is 0 Å². The first-order chi connectivity index (χ1) is 12.6. The van der Waals surface area contributed by atoms with Gasteiger partial charge in [-0.05, 0) is 36.8 Å². The summed E-state index contributed by atoms with van der Waals surface area (Å²) in [6, 6.07) is 8.27. The molecule has 26 heavy (non-hydrogen) atoms. The van der Waals surface area contributed by atoms with Crippen LogP contribution in [0.4, 0.5) is 9.18 Å². The maximum atomic E-state index is 13.1. The van der Waals surface area contributed by atoms with Gasteiger partial charge in [-0.3, -0.25) is 4.79 Å². The Morgan fingerprint density at radius 1 is 1.12 bits per heavy atom. The van der Waals surface area contributed by atoms with E-state index in [4.69, 9.17) is 0 Å². The molecule has 2 heterocycles. The lowest BCUT2D eigenvalue weighted by molar-refractivity contribution is 0.239. The Morgan fingerprint density at radius 3 is 2.62 bits per heavy atom. The number of amides is 1. The largest absolute Gasteiger partial charge is 0.342 e. The van der Waals surface area contributed by atoms with E-state index in [2.05, 4.69) is 15.5 Å². The summed E-state index contributed by atoms with van der Waals surface area (Å²) in [5, 5.41) is 11.1. The second-order valence-corrected chi connectivity index (χ2v) is 5.68. The number of hydrogen-bond donors (Lipinski definition) is 1. The molecular weight excluding hydrogens is 337 g/mol. The van der Waals surface area contributed by atoms with E-state index in [0.29, 0.717) is 12.2 Å². The summed E-state index contributed by atoms with van der Waals surface area (Å²) in [6.45, 7) is 2.59. The molecule has 7 nitrogen and oxygen atoms in total. The van der Waals surface area contributed by atoms with Crippen molar-refractivity contribution in [2.45, 2.75) is 19.8 Å². The van der Waals surface area contributed by atoms with Crippen LogP contribution in [0.25, 0.3) is 17.1 Å². The van der Waals surface area contributed by atoms with Gasteiger partial charge in [0.15, 0.2) is 5.69 Å². The van der Waals surface area contributed by atoms with Gasteiger partial charge >= 0.3 is 6.03 Å². The molecule has 0 aliphatic rings. The van der Waals surface area contributed by atoms with Gasteiger partial charge in [-0.25, -0.2) is 13.9 Å². The molecule has 0 aliphatic carbocycles. The number of carbonyl (C=O) groups excluding carboxylic acids is 1. The molecule has 0 spiro atoms. The predicted octanol–water partition coefficient (Wildman–Crippen LogP) is 2.59. The molecule has 0 fully saturated rings. The van der Waals surface area contributed by atoms with Gasteiger partial charge in [0.1, 0.15) is 11.5 Å². The third-order valence-corrected chi connectivity index (χ3v) is 3.75. The molecule has 0 unspecified atom stereocenters. The molecule has 0 radical (unpaired) electrons. The molecule has 0 saturated heterocycles. The Hall–Kier alpha value is -3.29. The fraction of sp³-hybridized carbons (Fsp3) is 0.222. The van der Waals surface area contributed by atoms with Gasteiger partial charge in [-0.15, -0.1) is 0 Å². The molecule has 1 aromatic carbocycles. The number of hydrogen-bond acceptors (Lipinski definition) is 4. The monoisotopic (exact) mass is 355 g/mol. The summed E-state index contributed by atoms with van der Waals surface area (Å²) in [5.41, 5.74) is 0.679. The molecule has 2 aromatic heterocycles. The Balaban J connectivity index is 1.87. The first-order valence-corrected chi connectivity index (χ1v) is 8.28. The van der Waals surface area contributed by atoms with Gasteiger partial charge in [0.25, 0.3) is 0 Å². The van der Waals surface area contributed by atoms with Gasteiger partial charge < -0.3 is 5.32 Å². The maximum Gasteiger partial charge on any atom is 0.342 e. The van der Waals surface area contributed by atoms with Crippen LogP contribution in [0, 0.1) is 5.82 Å². The Labute approximate surface area is 149 Å². The average molecular weight is 355 g/mol. The summed E-state index contributed by atoms with van der Waals surface area (Å²) in [7, 11) is 0. The topological polar surface area (TPSA) is 81.8 Å². The van der Waals surface area contributed by atoms with Crippen molar-refractivity contribution in [2.24, 2.45) is 0 Å². The number of halogens is 1. The lowest BCUT2D eigenvalue weighted by Crippen LogP contribution is -2.29. The quantitative estimate of drug-likeness (QED) is 0.713. The van der Waals surface area contributed by atoms with Crippen LogP contribution in [0.5, 0.6) is 0 Å². The molecule has 3 rings (SSSR count). The third kappa shape index (κ3) is 3.85. The zero-order chi connectivity index (χ0) is 18.5.